The molecular formula is C19H25N3O3. The van der Waals surface area contributed by atoms with E-state index < -0.39 is 0 Å². The van der Waals surface area contributed by atoms with Gasteiger partial charge in [0.25, 0.3) is 5.91 Å². The van der Waals surface area contributed by atoms with Crippen LogP contribution in [0.4, 0.5) is 11.4 Å². The van der Waals surface area contributed by atoms with E-state index in [-0.39, 0.29) is 5.91 Å². The number of benzene rings is 1. The second-order valence-electron chi connectivity index (χ2n) is 5.58. The normalized spacial score (nSPS) is 10.2. The van der Waals surface area contributed by atoms with Gasteiger partial charge in [-0.2, -0.15) is 0 Å². The fourth-order valence-corrected chi connectivity index (χ4v) is 2.37. The Morgan fingerprint density at radius 3 is 2.68 bits per heavy atom. The van der Waals surface area contributed by atoms with Crippen LogP contribution in [0.3, 0.4) is 0 Å². The van der Waals surface area contributed by atoms with Gasteiger partial charge in [-0.1, -0.05) is 19.8 Å². The van der Waals surface area contributed by atoms with E-state index in [4.69, 9.17) is 9.47 Å². The maximum absolute atomic E-state index is 12.2. The van der Waals surface area contributed by atoms with Crippen LogP contribution in [0.15, 0.2) is 36.5 Å². The SMILES string of the molecule is CCCCCNC(=O)c1cc(Nc2cc(OC)ccc2OC)ccn1. The van der Waals surface area contributed by atoms with Crippen LogP contribution in [-0.2, 0) is 0 Å². The highest BCUT2D eigenvalue weighted by atomic mass is 16.5. The van der Waals surface area contributed by atoms with Crippen LogP contribution >= 0.6 is 0 Å². The number of anilines is 2. The lowest BCUT2D eigenvalue weighted by Gasteiger charge is -2.13. The first kappa shape index (κ1) is 18.6. The summed E-state index contributed by atoms with van der Waals surface area (Å²) < 4.78 is 10.6. The fourth-order valence-electron chi connectivity index (χ4n) is 2.37. The first-order chi connectivity index (χ1) is 12.2. The van der Waals surface area contributed by atoms with E-state index in [1.165, 1.54) is 0 Å². The zero-order valence-electron chi connectivity index (χ0n) is 15.0. The minimum absolute atomic E-state index is 0.169. The molecule has 0 saturated carbocycles. The predicted octanol–water partition coefficient (Wildman–Crippen LogP) is 3.76. The van der Waals surface area contributed by atoms with Gasteiger partial charge < -0.3 is 20.1 Å². The number of hydrogen-bond acceptors (Lipinski definition) is 5. The highest BCUT2D eigenvalue weighted by Crippen LogP contribution is 2.31. The number of methoxy groups -OCH3 is 2. The molecule has 0 radical (unpaired) electrons. The first-order valence-corrected chi connectivity index (χ1v) is 8.41. The van der Waals surface area contributed by atoms with Crippen LogP contribution in [0.1, 0.15) is 36.7 Å². The number of pyridine rings is 1. The van der Waals surface area contributed by atoms with Crippen LogP contribution in [-0.4, -0.2) is 31.7 Å². The fraction of sp³-hybridized carbons (Fsp3) is 0.368. The van der Waals surface area contributed by atoms with E-state index in [1.54, 1.807) is 32.5 Å². The molecule has 2 N–H and O–H groups in total. The number of rotatable bonds is 9. The van der Waals surface area contributed by atoms with Gasteiger partial charge >= 0.3 is 0 Å². The molecule has 0 aliphatic heterocycles. The largest absolute Gasteiger partial charge is 0.497 e. The van der Waals surface area contributed by atoms with Crippen molar-refractivity contribution in [3.05, 3.63) is 42.2 Å². The smallest absolute Gasteiger partial charge is 0.269 e. The Morgan fingerprint density at radius 2 is 1.96 bits per heavy atom. The number of carbonyl (C=O) groups is 1. The third kappa shape index (κ3) is 5.38. The zero-order chi connectivity index (χ0) is 18.1. The molecule has 0 spiro atoms. The molecule has 6 heteroatoms. The van der Waals surface area contributed by atoms with Crippen molar-refractivity contribution in [2.75, 3.05) is 26.1 Å². The average molecular weight is 343 g/mol. The molecule has 134 valence electrons. The van der Waals surface area contributed by atoms with Gasteiger partial charge in [-0.05, 0) is 30.7 Å². The molecule has 0 bridgehead atoms. The Balaban J connectivity index is 2.10. The molecular weight excluding hydrogens is 318 g/mol. The summed E-state index contributed by atoms with van der Waals surface area (Å²) in [6.45, 7) is 2.79. The van der Waals surface area contributed by atoms with Crippen LogP contribution in [0.2, 0.25) is 0 Å². The summed E-state index contributed by atoms with van der Waals surface area (Å²) in [5.74, 6) is 1.23. The number of ether oxygens (including phenoxy) is 2. The van der Waals surface area contributed by atoms with Gasteiger partial charge in [-0.15, -0.1) is 0 Å². The van der Waals surface area contributed by atoms with Crippen molar-refractivity contribution in [1.82, 2.24) is 10.3 Å². The second-order valence-corrected chi connectivity index (χ2v) is 5.58. The Morgan fingerprint density at radius 1 is 1.12 bits per heavy atom. The zero-order valence-corrected chi connectivity index (χ0v) is 15.0. The second kappa shape index (κ2) is 9.52. The van der Waals surface area contributed by atoms with Crippen molar-refractivity contribution < 1.29 is 14.3 Å². The summed E-state index contributed by atoms with van der Waals surface area (Å²) in [5.41, 5.74) is 1.88. The molecule has 0 fully saturated rings. The summed E-state index contributed by atoms with van der Waals surface area (Å²) in [7, 11) is 3.22. The van der Waals surface area contributed by atoms with Gasteiger partial charge in [0.2, 0.25) is 0 Å². The molecule has 1 aromatic carbocycles. The van der Waals surface area contributed by atoms with Crippen LogP contribution in [0.25, 0.3) is 0 Å². The topological polar surface area (TPSA) is 72.5 Å². The van der Waals surface area contributed by atoms with Crippen molar-refractivity contribution in [2.24, 2.45) is 0 Å². The first-order valence-electron chi connectivity index (χ1n) is 8.41. The maximum atomic E-state index is 12.2. The molecule has 0 aliphatic rings. The minimum Gasteiger partial charge on any atom is -0.497 e. The molecule has 6 nitrogen and oxygen atoms in total. The molecule has 0 aliphatic carbocycles. The van der Waals surface area contributed by atoms with E-state index in [2.05, 4.69) is 22.5 Å². The third-order valence-electron chi connectivity index (χ3n) is 3.74. The number of unbranched alkanes of at least 4 members (excludes halogenated alkanes) is 2. The van der Waals surface area contributed by atoms with E-state index in [0.29, 0.717) is 23.7 Å². The maximum Gasteiger partial charge on any atom is 0.269 e. The van der Waals surface area contributed by atoms with Crippen molar-refractivity contribution in [2.45, 2.75) is 26.2 Å². The molecule has 25 heavy (non-hydrogen) atoms. The van der Waals surface area contributed by atoms with E-state index in [0.717, 1.165) is 30.6 Å². The van der Waals surface area contributed by atoms with Gasteiger partial charge in [-0.25, -0.2) is 0 Å². The third-order valence-corrected chi connectivity index (χ3v) is 3.74. The number of nitrogens with zero attached hydrogens (tertiary/aromatic N) is 1. The lowest BCUT2D eigenvalue weighted by Crippen LogP contribution is -2.25. The molecule has 0 saturated heterocycles. The van der Waals surface area contributed by atoms with Crippen LogP contribution in [0, 0.1) is 0 Å². The molecule has 2 aromatic rings. The van der Waals surface area contributed by atoms with Gasteiger partial charge in [-0.3, -0.25) is 9.78 Å². The Hall–Kier alpha value is -2.76. The summed E-state index contributed by atoms with van der Waals surface area (Å²) in [6, 6.07) is 9.00. The number of aromatic nitrogens is 1. The van der Waals surface area contributed by atoms with Gasteiger partial charge in [0, 0.05) is 24.5 Å². The lowest BCUT2D eigenvalue weighted by atomic mass is 10.2. The molecule has 2 rings (SSSR count). The predicted molar refractivity (Wildman–Crippen MR) is 98.9 cm³/mol. The lowest BCUT2D eigenvalue weighted by molar-refractivity contribution is 0.0948. The van der Waals surface area contributed by atoms with E-state index in [1.807, 2.05) is 18.2 Å². The average Bonchev–Trinajstić information content (AvgIpc) is 2.65. The highest BCUT2D eigenvalue weighted by Gasteiger charge is 2.09. The molecule has 1 amide bonds. The van der Waals surface area contributed by atoms with Crippen LogP contribution in [0.5, 0.6) is 11.5 Å². The summed E-state index contributed by atoms with van der Waals surface area (Å²) in [5, 5.41) is 6.14. The minimum atomic E-state index is -0.169. The molecule has 1 aromatic heterocycles. The van der Waals surface area contributed by atoms with Gasteiger partial charge in [0.05, 0.1) is 19.9 Å². The van der Waals surface area contributed by atoms with Crippen molar-refractivity contribution in [3.8, 4) is 11.5 Å². The Labute approximate surface area is 148 Å². The quantitative estimate of drug-likeness (QED) is 0.678. The Bertz CT molecular complexity index is 704. The number of hydrogen-bond donors (Lipinski definition) is 2. The number of carbonyl (C=O) groups excluding carboxylic acids is 1. The summed E-state index contributed by atoms with van der Waals surface area (Å²) >= 11 is 0. The monoisotopic (exact) mass is 343 g/mol. The van der Waals surface area contributed by atoms with Crippen molar-refractivity contribution in [3.63, 3.8) is 0 Å². The summed E-state index contributed by atoms with van der Waals surface area (Å²) in [6.07, 6.45) is 4.80. The van der Waals surface area contributed by atoms with Crippen molar-refractivity contribution >= 4 is 17.3 Å². The van der Waals surface area contributed by atoms with Gasteiger partial charge in [0.15, 0.2) is 0 Å². The van der Waals surface area contributed by atoms with E-state index in [9.17, 15) is 4.79 Å². The molecule has 0 atom stereocenters. The summed E-state index contributed by atoms with van der Waals surface area (Å²) in [4.78, 5) is 16.3. The molecule has 1 heterocycles. The Kier molecular flexibility index (Phi) is 7.07. The number of nitrogens with one attached hydrogen (secondary N) is 2. The van der Waals surface area contributed by atoms with Crippen molar-refractivity contribution in [1.29, 1.82) is 0 Å². The molecule has 0 unspecified atom stereocenters. The van der Waals surface area contributed by atoms with Crippen LogP contribution < -0.4 is 20.1 Å². The standard InChI is InChI=1S/C19H25N3O3/c1-4-5-6-10-21-19(23)17-12-14(9-11-20-17)22-16-13-15(24-2)7-8-18(16)25-3/h7-9,11-13H,4-6,10H2,1-3H3,(H,20,22)(H,21,23). The van der Waals surface area contributed by atoms with Gasteiger partial charge in [0.1, 0.15) is 17.2 Å². The highest BCUT2D eigenvalue weighted by molar-refractivity contribution is 5.93. The van der Waals surface area contributed by atoms with E-state index >= 15 is 0 Å². The number of amides is 1.